The van der Waals surface area contributed by atoms with Gasteiger partial charge in [-0.25, -0.2) is 0 Å². The number of thioether (sulfide) groups is 1. The smallest absolute Gasteiger partial charge is 0.119 e. The first-order chi connectivity index (χ1) is 9.63. The van der Waals surface area contributed by atoms with Crippen molar-refractivity contribution in [2.45, 2.75) is 36.5 Å². The lowest BCUT2D eigenvalue weighted by molar-refractivity contribution is 0.413. The van der Waals surface area contributed by atoms with Gasteiger partial charge in [-0.3, -0.25) is 0 Å². The molecule has 0 radical (unpaired) electrons. The Balaban J connectivity index is 2.23. The van der Waals surface area contributed by atoms with E-state index in [2.05, 4.69) is 38.1 Å². The summed E-state index contributed by atoms with van der Waals surface area (Å²) in [6, 6.07) is 12.7. The summed E-state index contributed by atoms with van der Waals surface area (Å²) in [6.07, 6.45) is 0.971. The van der Waals surface area contributed by atoms with Crippen molar-refractivity contribution >= 4 is 23.1 Å². The molecular weight excluding hydrogens is 286 g/mol. The van der Waals surface area contributed by atoms with Gasteiger partial charge in [-0.15, -0.1) is 23.1 Å². The van der Waals surface area contributed by atoms with Crippen LogP contribution in [-0.2, 0) is 0 Å². The molecule has 2 rings (SSSR count). The summed E-state index contributed by atoms with van der Waals surface area (Å²) in [5, 5.41) is 0.297. The molecular formula is C16H21NOS2. The van der Waals surface area contributed by atoms with Gasteiger partial charge in [-0.2, -0.15) is 0 Å². The van der Waals surface area contributed by atoms with Crippen LogP contribution in [0.15, 0.2) is 41.3 Å². The van der Waals surface area contributed by atoms with Crippen molar-refractivity contribution in [2.24, 2.45) is 5.73 Å². The molecule has 2 unspecified atom stereocenters. The Bertz CT molecular complexity index is 553. The van der Waals surface area contributed by atoms with Crippen molar-refractivity contribution in [1.82, 2.24) is 0 Å². The van der Waals surface area contributed by atoms with Crippen molar-refractivity contribution in [1.29, 1.82) is 0 Å². The van der Waals surface area contributed by atoms with Crippen LogP contribution >= 0.6 is 23.1 Å². The van der Waals surface area contributed by atoms with Gasteiger partial charge < -0.3 is 10.5 Å². The topological polar surface area (TPSA) is 35.2 Å². The molecule has 0 bridgehead atoms. The molecule has 1 aromatic heterocycles. The molecule has 0 saturated carbocycles. The predicted octanol–water partition coefficient (Wildman–Crippen LogP) is 4.64. The minimum Gasteiger partial charge on any atom is -0.497 e. The lowest BCUT2D eigenvalue weighted by Crippen LogP contribution is -2.25. The highest BCUT2D eigenvalue weighted by Crippen LogP contribution is 2.41. The molecule has 0 aliphatic heterocycles. The zero-order valence-corrected chi connectivity index (χ0v) is 13.8. The van der Waals surface area contributed by atoms with Crippen molar-refractivity contribution < 1.29 is 4.74 Å². The highest BCUT2D eigenvalue weighted by atomic mass is 32.2. The highest BCUT2D eigenvalue weighted by Gasteiger charge is 2.21. The first kappa shape index (κ1) is 15.4. The van der Waals surface area contributed by atoms with Crippen LogP contribution in [0.25, 0.3) is 0 Å². The Hall–Kier alpha value is -0.970. The Kier molecular flexibility index (Phi) is 5.52. The molecule has 0 fully saturated rings. The van der Waals surface area contributed by atoms with Crippen molar-refractivity contribution in [3.8, 4) is 5.75 Å². The van der Waals surface area contributed by atoms with E-state index in [4.69, 9.17) is 10.5 Å². The molecule has 2 nitrogen and oxygen atoms in total. The minimum atomic E-state index is 0.157. The Morgan fingerprint density at radius 1 is 1.30 bits per heavy atom. The Labute approximate surface area is 129 Å². The number of aryl methyl sites for hydroxylation is 1. The van der Waals surface area contributed by atoms with Crippen molar-refractivity contribution in [3.05, 3.63) is 46.2 Å². The third kappa shape index (κ3) is 3.78. The van der Waals surface area contributed by atoms with E-state index in [-0.39, 0.29) is 6.04 Å². The maximum atomic E-state index is 6.33. The van der Waals surface area contributed by atoms with Gasteiger partial charge in [0.05, 0.1) is 12.4 Å². The van der Waals surface area contributed by atoms with E-state index in [1.807, 2.05) is 35.2 Å². The zero-order valence-electron chi connectivity index (χ0n) is 12.1. The van der Waals surface area contributed by atoms with Gasteiger partial charge in [-0.1, -0.05) is 13.0 Å². The van der Waals surface area contributed by atoms with E-state index in [1.54, 1.807) is 7.11 Å². The van der Waals surface area contributed by atoms with E-state index in [9.17, 15) is 0 Å². The number of ether oxygens (including phenoxy) is 1. The van der Waals surface area contributed by atoms with E-state index >= 15 is 0 Å². The number of thiophene rings is 1. The quantitative estimate of drug-likeness (QED) is 0.790. The monoisotopic (exact) mass is 307 g/mol. The fourth-order valence-corrected chi connectivity index (χ4v) is 4.42. The number of benzene rings is 1. The van der Waals surface area contributed by atoms with Crippen LogP contribution in [-0.4, -0.2) is 13.2 Å². The summed E-state index contributed by atoms with van der Waals surface area (Å²) < 4.78 is 5.29. The summed E-state index contributed by atoms with van der Waals surface area (Å²) in [7, 11) is 1.70. The summed E-state index contributed by atoms with van der Waals surface area (Å²) >= 11 is 3.66. The standard InChI is InChI=1S/C16H21NOS2/c1-4-14(17)16(15-9-8-11(2)19-15)20-13-7-5-6-12(10-13)18-3/h5-10,14,16H,4,17H2,1-3H3. The van der Waals surface area contributed by atoms with Crippen LogP contribution in [0.3, 0.4) is 0 Å². The Morgan fingerprint density at radius 2 is 2.10 bits per heavy atom. The zero-order chi connectivity index (χ0) is 14.5. The molecule has 1 heterocycles. The number of nitrogens with two attached hydrogens (primary N) is 1. The number of hydrogen-bond acceptors (Lipinski definition) is 4. The van der Waals surface area contributed by atoms with Crippen LogP contribution in [0.5, 0.6) is 5.75 Å². The van der Waals surface area contributed by atoms with Gasteiger partial charge in [0.1, 0.15) is 5.75 Å². The average molecular weight is 307 g/mol. The molecule has 2 aromatic rings. The third-order valence-electron chi connectivity index (χ3n) is 3.21. The molecule has 0 amide bonds. The maximum Gasteiger partial charge on any atom is 0.119 e. The number of methoxy groups -OCH3 is 1. The van der Waals surface area contributed by atoms with E-state index in [0.717, 1.165) is 12.2 Å². The molecule has 2 atom stereocenters. The summed E-state index contributed by atoms with van der Waals surface area (Å²) in [5.74, 6) is 0.890. The van der Waals surface area contributed by atoms with Crippen LogP contribution < -0.4 is 10.5 Å². The fraction of sp³-hybridized carbons (Fsp3) is 0.375. The molecule has 1 aromatic carbocycles. The fourth-order valence-electron chi connectivity index (χ4n) is 2.00. The number of hydrogen-bond donors (Lipinski definition) is 1. The minimum absolute atomic E-state index is 0.157. The highest BCUT2D eigenvalue weighted by molar-refractivity contribution is 7.99. The predicted molar refractivity (Wildman–Crippen MR) is 88.9 cm³/mol. The van der Waals surface area contributed by atoms with Gasteiger partial charge in [0.25, 0.3) is 0 Å². The van der Waals surface area contributed by atoms with Crippen molar-refractivity contribution in [3.63, 3.8) is 0 Å². The van der Waals surface area contributed by atoms with Crippen LogP contribution in [0.2, 0.25) is 0 Å². The summed E-state index contributed by atoms with van der Waals surface area (Å²) in [4.78, 5) is 3.88. The second kappa shape index (κ2) is 7.16. The molecule has 0 spiro atoms. The molecule has 0 saturated heterocycles. The second-order valence-electron chi connectivity index (χ2n) is 4.74. The van der Waals surface area contributed by atoms with Crippen LogP contribution in [0.4, 0.5) is 0 Å². The molecule has 0 aliphatic rings. The second-order valence-corrected chi connectivity index (χ2v) is 7.27. The number of rotatable bonds is 6. The molecule has 20 heavy (non-hydrogen) atoms. The SMILES string of the molecule is CCC(N)C(Sc1cccc(OC)c1)c1ccc(C)s1. The largest absolute Gasteiger partial charge is 0.497 e. The Morgan fingerprint density at radius 3 is 2.70 bits per heavy atom. The average Bonchev–Trinajstić information content (AvgIpc) is 2.90. The third-order valence-corrected chi connectivity index (χ3v) is 5.82. The lowest BCUT2D eigenvalue weighted by atomic mass is 10.1. The molecule has 2 N–H and O–H groups in total. The normalized spacial score (nSPS) is 14.0. The van der Waals surface area contributed by atoms with Gasteiger partial charge in [0, 0.05) is 20.7 Å². The first-order valence-corrected chi connectivity index (χ1v) is 8.46. The summed E-state index contributed by atoms with van der Waals surface area (Å²) in [5.41, 5.74) is 6.33. The van der Waals surface area contributed by atoms with Crippen LogP contribution in [0.1, 0.15) is 28.3 Å². The van der Waals surface area contributed by atoms with Gasteiger partial charge in [0.2, 0.25) is 0 Å². The molecule has 4 heteroatoms. The van der Waals surface area contributed by atoms with Crippen molar-refractivity contribution in [2.75, 3.05) is 7.11 Å². The van der Waals surface area contributed by atoms with E-state index in [1.165, 1.54) is 14.6 Å². The van der Waals surface area contributed by atoms with E-state index in [0.29, 0.717) is 5.25 Å². The molecule has 108 valence electrons. The van der Waals surface area contributed by atoms with Gasteiger partial charge >= 0.3 is 0 Å². The maximum absolute atomic E-state index is 6.33. The van der Waals surface area contributed by atoms with Crippen LogP contribution in [0, 0.1) is 6.92 Å². The van der Waals surface area contributed by atoms with E-state index < -0.39 is 0 Å². The lowest BCUT2D eigenvalue weighted by Gasteiger charge is -2.21. The van der Waals surface area contributed by atoms with Gasteiger partial charge in [-0.05, 0) is 43.7 Å². The first-order valence-electron chi connectivity index (χ1n) is 6.76. The molecule has 0 aliphatic carbocycles. The van der Waals surface area contributed by atoms with Gasteiger partial charge in [0.15, 0.2) is 0 Å². The summed E-state index contributed by atoms with van der Waals surface area (Å²) in [6.45, 7) is 4.28.